The van der Waals surface area contributed by atoms with Crippen LogP contribution >= 0.6 is 35.6 Å². The second kappa shape index (κ2) is 8.58. The van der Waals surface area contributed by atoms with Crippen LogP contribution in [0.3, 0.4) is 0 Å². The van der Waals surface area contributed by atoms with E-state index in [0.717, 1.165) is 32.8 Å². The fourth-order valence-corrected chi connectivity index (χ4v) is 4.96. The first kappa shape index (κ1) is 21.0. The van der Waals surface area contributed by atoms with Gasteiger partial charge < -0.3 is 4.74 Å². The maximum absolute atomic E-state index is 6.13. The number of rotatable bonds is 4. The van der Waals surface area contributed by atoms with Crippen molar-refractivity contribution in [3.8, 4) is 5.75 Å². The molecule has 0 aromatic heterocycles. The van der Waals surface area contributed by atoms with Gasteiger partial charge in [-0.15, -0.1) is 0 Å². The molecule has 1 unspecified atom stereocenters. The number of anilines is 1. The fourth-order valence-electron chi connectivity index (χ4n) is 3.52. The third-order valence-electron chi connectivity index (χ3n) is 5.24. The van der Waals surface area contributed by atoms with Gasteiger partial charge in [0.2, 0.25) is 5.11 Å². The third-order valence-corrected chi connectivity index (χ3v) is 6.84. The van der Waals surface area contributed by atoms with Crippen molar-refractivity contribution in [2.24, 2.45) is 10.1 Å². The van der Waals surface area contributed by atoms with Gasteiger partial charge in [-0.3, -0.25) is 4.90 Å². The molecule has 0 N–H and O–H groups in total. The highest BCUT2D eigenvalue weighted by atomic mass is 35.5. The van der Waals surface area contributed by atoms with Crippen LogP contribution in [0.5, 0.6) is 5.75 Å². The Labute approximate surface area is 201 Å². The lowest BCUT2D eigenvalue weighted by Crippen LogP contribution is -2.47. The number of aliphatic imine (C=N–C) groups is 1. The summed E-state index contributed by atoms with van der Waals surface area (Å²) in [7, 11) is 1.65. The van der Waals surface area contributed by atoms with E-state index in [1.165, 1.54) is 17.3 Å². The van der Waals surface area contributed by atoms with E-state index >= 15 is 0 Å². The molecule has 0 radical (unpaired) electrons. The van der Waals surface area contributed by atoms with E-state index in [2.05, 4.69) is 31.2 Å². The summed E-state index contributed by atoms with van der Waals surface area (Å²) < 4.78 is 5.27. The van der Waals surface area contributed by atoms with Gasteiger partial charge in [-0.2, -0.15) is 10.1 Å². The molecule has 0 fully saturated rings. The van der Waals surface area contributed by atoms with Gasteiger partial charge in [-0.1, -0.05) is 41.4 Å². The molecule has 0 bridgehead atoms. The Morgan fingerprint density at radius 2 is 1.66 bits per heavy atom. The first-order valence-electron chi connectivity index (χ1n) is 9.97. The van der Waals surface area contributed by atoms with Crippen LogP contribution < -0.4 is 9.64 Å². The largest absolute Gasteiger partial charge is 0.497 e. The molecule has 0 amide bonds. The van der Waals surface area contributed by atoms with Crippen molar-refractivity contribution in [2.75, 3.05) is 12.0 Å². The second-order valence-corrected chi connectivity index (χ2v) is 9.13. The summed E-state index contributed by atoms with van der Waals surface area (Å²) in [4.78, 5) is 7.08. The second-order valence-electron chi connectivity index (χ2n) is 7.37. The Kier molecular flexibility index (Phi) is 5.63. The maximum Gasteiger partial charge on any atom is 0.205 e. The SMILES string of the molecule is COc1ccc(C2=NN3C(=S)N(c4ccc(C)cc4)C(c4ccc(Cl)cc4)N=C3S2)cc1. The summed E-state index contributed by atoms with van der Waals surface area (Å²) >= 11 is 13.6. The number of hydrogen-bond acceptors (Lipinski definition) is 5. The van der Waals surface area contributed by atoms with Gasteiger partial charge in [0.05, 0.1) is 7.11 Å². The van der Waals surface area contributed by atoms with Gasteiger partial charge in [0.15, 0.2) is 11.3 Å². The average Bonchev–Trinajstić information content (AvgIpc) is 3.25. The number of ether oxygens (including phenoxy) is 1. The predicted molar refractivity (Wildman–Crippen MR) is 137 cm³/mol. The summed E-state index contributed by atoms with van der Waals surface area (Å²) in [5.74, 6) is 0.802. The van der Waals surface area contributed by atoms with E-state index in [1.54, 1.807) is 12.1 Å². The molecule has 2 aliphatic heterocycles. The number of amidine groups is 1. The van der Waals surface area contributed by atoms with E-state index in [4.69, 9.17) is 38.6 Å². The standard InChI is InChI=1S/C24H19ClN4OS2/c1-15-3-11-19(12-4-15)28-21(16-5-9-18(25)10-6-16)26-23-29(24(28)31)27-22(32-23)17-7-13-20(30-2)14-8-17/h3-14,21H,1-2H3. The Morgan fingerprint density at radius 3 is 2.31 bits per heavy atom. The first-order chi connectivity index (χ1) is 15.5. The van der Waals surface area contributed by atoms with Gasteiger partial charge in [0.25, 0.3) is 0 Å². The Morgan fingerprint density at radius 1 is 0.969 bits per heavy atom. The molecule has 0 saturated heterocycles. The van der Waals surface area contributed by atoms with E-state index in [9.17, 15) is 0 Å². The highest BCUT2D eigenvalue weighted by Crippen LogP contribution is 2.39. The minimum atomic E-state index is -0.313. The zero-order valence-corrected chi connectivity index (χ0v) is 19.8. The molecule has 5 nitrogen and oxygen atoms in total. The number of aryl methyl sites for hydroxylation is 1. The molecule has 3 aromatic carbocycles. The number of thioether (sulfide) groups is 1. The number of halogens is 1. The minimum Gasteiger partial charge on any atom is -0.497 e. The third kappa shape index (κ3) is 3.88. The molecule has 0 aliphatic carbocycles. The Balaban J connectivity index is 1.56. The molecule has 1 atom stereocenters. The van der Waals surface area contributed by atoms with Crippen molar-refractivity contribution < 1.29 is 4.74 Å². The van der Waals surface area contributed by atoms with Crippen LogP contribution in [0.1, 0.15) is 22.9 Å². The number of fused-ring (bicyclic) bond motifs is 1. The molecule has 0 spiro atoms. The molecule has 8 heteroatoms. The Bertz CT molecular complexity index is 1220. The van der Waals surface area contributed by atoms with Crippen LogP contribution in [0.15, 0.2) is 82.9 Å². The smallest absolute Gasteiger partial charge is 0.205 e. The number of hydrogen-bond donors (Lipinski definition) is 0. The normalized spacial score (nSPS) is 17.7. The van der Waals surface area contributed by atoms with Crippen molar-refractivity contribution in [2.45, 2.75) is 13.1 Å². The van der Waals surface area contributed by atoms with Crippen molar-refractivity contribution >= 4 is 56.6 Å². The van der Waals surface area contributed by atoms with Crippen molar-refractivity contribution in [3.63, 3.8) is 0 Å². The van der Waals surface area contributed by atoms with Crippen molar-refractivity contribution in [3.05, 3.63) is 94.5 Å². The molecule has 3 aromatic rings. The molecule has 0 saturated carbocycles. The molecule has 5 rings (SSSR count). The lowest BCUT2D eigenvalue weighted by molar-refractivity contribution is 0.415. The number of hydrazone groups is 1. The molecular formula is C24H19ClN4OS2. The maximum atomic E-state index is 6.13. The highest BCUT2D eigenvalue weighted by Gasteiger charge is 2.39. The number of thiocarbonyl (C=S) groups is 1. The monoisotopic (exact) mass is 478 g/mol. The zero-order chi connectivity index (χ0) is 22.2. The Hall–Kier alpha value is -2.87. The van der Waals surface area contributed by atoms with Crippen LogP contribution in [0.2, 0.25) is 5.02 Å². The number of methoxy groups -OCH3 is 1. The van der Waals surface area contributed by atoms with Gasteiger partial charge in [-0.05, 0) is 85.0 Å². The molecule has 160 valence electrons. The number of benzene rings is 3. The van der Waals surface area contributed by atoms with E-state index in [0.29, 0.717) is 10.1 Å². The summed E-state index contributed by atoms with van der Waals surface area (Å²) in [6.07, 6.45) is -0.313. The zero-order valence-electron chi connectivity index (χ0n) is 17.4. The van der Waals surface area contributed by atoms with E-state index < -0.39 is 0 Å². The van der Waals surface area contributed by atoms with Crippen LogP contribution in [-0.4, -0.2) is 27.4 Å². The fraction of sp³-hybridized carbons (Fsp3) is 0.125. The summed E-state index contributed by atoms with van der Waals surface area (Å²) in [6.45, 7) is 2.06. The van der Waals surface area contributed by atoms with Crippen LogP contribution in [0, 0.1) is 6.92 Å². The molecule has 2 heterocycles. The predicted octanol–water partition coefficient (Wildman–Crippen LogP) is 6.23. The number of nitrogens with zero attached hydrogens (tertiary/aromatic N) is 4. The van der Waals surface area contributed by atoms with Crippen molar-refractivity contribution in [1.29, 1.82) is 0 Å². The van der Waals surface area contributed by atoms with Gasteiger partial charge >= 0.3 is 0 Å². The molecule has 2 aliphatic rings. The average molecular weight is 479 g/mol. The molecule has 32 heavy (non-hydrogen) atoms. The van der Waals surface area contributed by atoms with Crippen LogP contribution in [-0.2, 0) is 0 Å². The van der Waals surface area contributed by atoms with Crippen LogP contribution in [0.25, 0.3) is 0 Å². The lowest BCUT2D eigenvalue weighted by Gasteiger charge is -2.38. The first-order valence-corrected chi connectivity index (χ1v) is 11.6. The lowest BCUT2D eigenvalue weighted by atomic mass is 10.1. The van der Waals surface area contributed by atoms with Crippen LogP contribution in [0.4, 0.5) is 5.69 Å². The molecular weight excluding hydrogens is 460 g/mol. The van der Waals surface area contributed by atoms with Crippen molar-refractivity contribution in [1.82, 2.24) is 5.01 Å². The topological polar surface area (TPSA) is 40.4 Å². The van der Waals surface area contributed by atoms with Gasteiger partial charge in [-0.25, -0.2) is 4.99 Å². The quantitative estimate of drug-likeness (QED) is 0.416. The van der Waals surface area contributed by atoms with Gasteiger partial charge in [0, 0.05) is 16.3 Å². The minimum absolute atomic E-state index is 0.313. The summed E-state index contributed by atoms with van der Waals surface area (Å²) in [6, 6.07) is 23.8. The highest BCUT2D eigenvalue weighted by molar-refractivity contribution is 8.27. The summed E-state index contributed by atoms with van der Waals surface area (Å²) in [5.41, 5.74) is 4.13. The van der Waals surface area contributed by atoms with E-state index in [-0.39, 0.29) is 6.17 Å². The summed E-state index contributed by atoms with van der Waals surface area (Å²) in [5, 5.41) is 9.39. The van der Waals surface area contributed by atoms with Gasteiger partial charge in [0.1, 0.15) is 10.8 Å². The van der Waals surface area contributed by atoms with E-state index in [1.807, 2.05) is 53.4 Å².